The number of likely N-dealkylation sites (N-methyl/N-ethyl adjacent to an activating group) is 2. The highest BCUT2D eigenvalue weighted by Gasteiger charge is 2.26. The minimum Gasteiger partial charge on any atom is -0.465 e. The quantitative estimate of drug-likeness (QED) is 0.247. The second kappa shape index (κ2) is 11.4. The fourth-order valence-corrected chi connectivity index (χ4v) is 4.77. The van der Waals surface area contributed by atoms with Gasteiger partial charge in [-0.3, -0.25) is 0 Å². The lowest BCUT2D eigenvalue weighted by molar-refractivity contribution is 0.0600. The van der Waals surface area contributed by atoms with Gasteiger partial charge in [-0.2, -0.15) is 0 Å². The highest BCUT2D eigenvalue weighted by molar-refractivity contribution is 6.02. The molecule has 0 bridgehead atoms. The van der Waals surface area contributed by atoms with Crippen LogP contribution >= 0.6 is 0 Å². The van der Waals surface area contributed by atoms with Crippen molar-refractivity contribution < 1.29 is 22.7 Å². The molecule has 0 unspecified atom stereocenters. The molecule has 0 fully saturated rings. The average Bonchev–Trinajstić information content (AvgIpc) is 2.93. The minimum atomic E-state index is -1.48. The van der Waals surface area contributed by atoms with E-state index < -0.39 is 23.4 Å². The molecule has 38 heavy (non-hydrogen) atoms. The zero-order chi connectivity index (χ0) is 27.6. The Morgan fingerprint density at radius 1 is 0.895 bits per heavy atom. The summed E-state index contributed by atoms with van der Waals surface area (Å²) in [7, 11) is 5.46. The summed E-state index contributed by atoms with van der Waals surface area (Å²) in [5.41, 5.74) is 5.39. The highest BCUT2D eigenvalue weighted by atomic mass is 19.2. The fraction of sp³-hybridized carbons (Fsp3) is 0.323. The van der Waals surface area contributed by atoms with Crippen LogP contribution in [-0.2, 0) is 11.2 Å². The molecule has 0 radical (unpaired) electrons. The third-order valence-corrected chi connectivity index (χ3v) is 7.37. The number of carbonyl (C=O) groups excluding carboxylic acids is 1. The minimum absolute atomic E-state index is 0.0412. The first kappa shape index (κ1) is 27.5. The summed E-state index contributed by atoms with van der Waals surface area (Å²) < 4.78 is 47.8. The summed E-state index contributed by atoms with van der Waals surface area (Å²) in [6, 6.07) is 15.9. The molecular weight excluding hydrogens is 489 g/mol. The fourth-order valence-electron chi connectivity index (χ4n) is 4.77. The molecule has 0 aromatic heterocycles. The van der Waals surface area contributed by atoms with Gasteiger partial charge in [0.25, 0.3) is 0 Å². The van der Waals surface area contributed by atoms with Gasteiger partial charge >= 0.3 is 5.97 Å². The van der Waals surface area contributed by atoms with Crippen molar-refractivity contribution in [3.8, 4) is 0 Å². The Bertz CT molecular complexity index is 1370. The summed E-state index contributed by atoms with van der Waals surface area (Å²) in [5.74, 6) is -4.34. The Morgan fingerprint density at radius 3 is 2.24 bits per heavy atom. The van der Waals surface area contributed by atoms with E-state index in [1.54, 1.807) is 12.1 Å². The molecular formula is C31H33F3N2O2. The number of fused-ring (bicyclic) bond motifs is 1. The molecule has 200 valence electrons. The number of carbonyl (C=O) groups is 1. The van der Waals surface area contributed by atoms with E-state index >= 15 is 0 Å². The van der Waals surface area contributed by atoms with Gasteiger partial charge in [0.1, 0.15) is 0 Å². The second-order valence-electron chi connectivity index (χ2n) is 9.98. The topological polar surface area (TPSA) is 32.8 Å². The van der Waals surface area contributed by atoms with Gasteiger partial charge in [-0.1, -0.05) is 18.2 Å². The summed E-state index contributed by atoms with van der Waals surface area (Å²) in [4.78, 5) is 16.6. The second-order valence-corrected chi connectivity index (χ2v) is 9.98. The number of hydrogen-bond acceptors (Lipinski definition) is 4. The van der Waals surface area contributed by atoms with E-state index in [1.807, 2.05) is 37.4 Å². The molecule has 0 saturated heterocycles. The number of hydrogen-bond donors (Lipinski definition) is 0. The largest absolute Gasteiger partial charge is 0.465 e. The molecule has 4 rings (SSSR count). The summed E-state index contributed by atoms with van der Waals surface area (Å²) in [6.45, 7) is 6.08. The maximum absolute atomic E-state index is 15.0. The van der Waals surface area contributed by atoms with Crippen LogP contribution in [0.4, 0.5) is 18.9 Å². The van der Waals surface area contributed by atoms with Gasteiger partial charge in [-0.05, 0) is 98.0 Å². The van der Waals surface area contributed by atoms with E-state index in [4.69, 9.17) is 4.74 Å². The van der Waals surface area contributed by atoms with Crippen molar-refractivity contribution in [2.45, 2.75) is 32.7 Å². The Morgan fingerprint density at radius 2 is 1.58 bits per heavy atom. The normalized spacial score (nSPS) is 13.2. The summed E-state index contributed by atoms with van der Waals surface area (Å²) >= 11 is 0. The predicted octanol–water partition coefficient (Wildman–Crippen LogP) is 6.57. The van der Waals surface area contributed by atoms with Crippen molar-refractivity contribution in [2.75, 3.05) is 39.2 Å². The number of rotatable bonds is 8. The molecule has 0 aliphatic heterocycles. The van der Waals surface area contributed by atoms with Crippen LogP contribution < -0.4 is 4.90 Å². The van der Waals surface area contributed by atoms with E-state index in [0.29, 0.717) is 30.0 Å². The van der Waals surface area contributed by atoms with Gasteiger partial charge < -0.3 is 14.5 Å². The molecule has 4 nitrogen and oxygen atoms in total. The zero-order valence-electron chi connectivity index (χ0n) is 22.4. The Hall–Kier alpha value is -3.58. The Kier molecular flexibility index (Phi) is 8.26. The lowest BCUT2D eigenvalue weighted by Crippen LogP contribution is -2.34. The van der Waals surface area contributed by atoms with Crippen LogP contribution in [0.25, 0.3) is 11.1 Å². The zero-order valence-corrected chi connectivity index (χ0v) is 22.4. The number of nitrogens with zero attached hydrogens (tertiary/aromatic N) is 2. The van der Waals surface area contributed by atoms with E-state index in [9.17, 15) is 18.0 Å². The van der Waals surface area contributed by atoms with Crippen molar-refractivity contribution in [3.05, 3.63) is 99.9 Å². The van der Waals surface area contributed by atoms with Crippen LogP contribution in [-0.4, -0.2) is 51.2 Å². The molecule has 1 aliphatic rings. The van der Waals surface area contributed by atoms with Crippen molar-refractivity contribution in [3.63, 3.8) is 0 Å². The van der Waals surface area contributed by atoms with Crippen LogP contribution in [0.3, 0.4) is 0 Å². The Balaban J connectivity index is 1.79. The monoisotopic (exact) mass is 522 g/mol. The predicted molar refractivity (Wildman–Crippen MR) is 146 cm³/mol. The number of esters is 1. The average molecular weight is 523 g/mol. The lowest BCUT2D eigenvalue weighted by atomic mass is 9.79. The molecule has 3 aromatic rings. The van der Waals surface area contributed by atoms with Crippen molar-refractivity contribution in [2.24, 2.45) is 0 Å². The van der Waals surface area contributed by atoms with Crippen molar-refractivity contribution >= 4 is 22.8 Å². The summed E-state index contributed by atoms with van der Waals surface area (Å²) in [6.07, 6.45) is 0.916. The van der Waals surface area contributed by atoms with Gasteiger partial charge in [0.2, 0.25) is 0 Å². The van der Waals surface area contributed by atoms with E-state index in [2.05, 4.69) is 30.7 Å². The molecule has 0 saturated carbocycles. The number of ether oxygens (including phenoxy) is 1. The first-order valence-corrected chi connectivity index (χ1v) is 12.7. The summed E-state index contributed by atoms with van der Waals surface area (Å²) in [5, 5.41) is 0. The van der Waals surface area contributed by atoms with Crippen LogP contribution in [0.2, 0.25) is 0 Å². The van der Waals surface area contributed by atoms with Gasteiger partial charge in [-0.25, -0.2) is 18.0 Å². The standard InChI is InChI=1S/C31H33F3N2O2/c1-19(2)35(3)16-17-36(4)23-10-6-20(7-11-23)28-24-12-9-22(31(37)38-5)18-21(24)8-13-25(28)26-14-15-27(32)30(34)29(26)33/h6-7,9-12,14-15,18-19H,8,13,16-17H2,1-5H3. The van der Waals surface area contributed by atoms with Gasteiger partial charge in [-0.15, -0.1) is 0 Å². The molecule has 0 N–H and O–H groups in total. The molecule has 0 amide bonds. The van der Waals surface area contributed by atoms with Gasteiger partial charge in [0.05, 0.1) is 12.7 Å². The third-order valence-electron chi connectivity index (χ3n) is 7.37. The van der Waals surface area contributed by atoms with Gasteiger partial charge in [0.15, 0.2) is 17.5 Å². The smallest absolute Gasteiger partial charge is 0.337 e. The van der Waals surface area contributed by atoms with Crippen LogP contribution in [0.15, 0.2) is 54.6 Å². The van der Waals surface area contributed by atoms with E-state index in [1.165, 1.54) is 13.2 Å². The van der Waals surface area contributed by atoms with E-state index in [-0.39, 0.29) is 5.56 Å². The number of benzene rings is 3. The molecule has 0 spiro atoms. The number of anilines is 1. The molecule has 3 aromatic carbocycles. The van der Waals surface area contributed by atoms with Crippen LogP contribution in [0.5, 0.6) is 0 Å². The Labute approximate surface area is 222 Å². The van der Waals surface area contributed by atoms with E-state index in [0.717, 1.165) is 47.1 Å². The third kappa shape index (κ3) is 5.48. The van der Waals surface area contributed by atoms with Crippen molar-refractivity contribution in [1.29, 1.82) is 0 Å². The first-order chi connectivity index (χ1) is 18.1. The molecule has 0 heterocycles. The maximum Gasteiger partial charge on any atom is 0.337 e. The van der Waals surface area contributed by atoms with Crippen LogP contribution in [0, 0.1) is 17.5 Å². The maximum atomic E-state index is 15.0. The number of allylic oxidation sites excluding steroid dienone is 1. The molecule has 1 aliphatic carbocycles. The van der Waals surface area contributed by atoms with Crippen molar-refractivity contribution in [1.82, 2.24) is 4.90 Å². The number of methoxy groups -OCH3 is 1. The number of halogens is 3. The molecule has 7 heteroatoms. The number of aryl methyl sites for hydroxylation is 1. The first-order valence-electron chi connectivity index (χ1n) is 12.7. The SMILES string of the molecule is COC(=O)c1ccc2c(c1)CCC(c1ccc(F)c(F)c1F)=C2c1ccc(N(C)CCN(C)C(C)C)cc1. The van der Waals surface area contributed by atoms with Crippen LogP contribution in [0.1, 0.15) is 52.9 Å². The molecule has 0 atom stereocenters. The highest BCUT2D eigenvalue weighted by Crippen LogP contribution is 2.42. The van der Waals surface area contributed by atoms with Gasteiger partial charge in [0, 0.05) is 37.4 Å². The lowest BCUT2D eigenvalue weighted by Gasteiger charge is -2.27.